The molecule has 30 heavy (non-hydrogen) atoms. The molecule has 2 heterocycles. The number of furan rings is 1. The van der Waals surface area contributed by atoms with E-state index >= 15 is 0 Å². The zero-order chi connectivity index (χ0) is 20.9. The maximum Gasteiger partial charge on any atom is 0.268 e. The Morgan fingerprint density at radius 3 is 2.47 bits per heavy atom. The maximum atomic E-state index is 13.1. The SMILES string of the molecule is CN(C)CCc1ccc(NC(=O)c2sc(-c3ccco3)nc2-c2ccccc2)cc1. The van der Waals surface area contributed by atoms with Crippen LogP contribution in [-0.2, 0) is 6.42 Å². The molecule has 0 saturated heterocycles. The number of nitrogens with one attached hydrogen (secondary N) is 1. The van der Waals surface area contributed by atoms with E-state index in [0.29, 0.717) is 21.3 Å². The van der Waals surface area contributed by atoms with E-state index in [1.54, 1.807) is 6.26 Å². The molecule has 2 aromatic carbocycles. The minimum atomic E-state index is -0.176. The molecule has 152 valence electrons. The molecule has 0 aliphatic rings. The molecule has 0 radical (unpaired) electrons. The fourth-order valence-corrected chi connectivity index (χ4v) is 4.02. The Bertz CT molecular complexity index is 1100. The van der Waals surface area contributed by atoms with Gasteiger partial charge in [0, 0.05) is 17.8 Å². The number of anilines is 1. The Labute approximate surface area is 180 Å². The second kappa shape index (κ2) is 9.07. The first-order valence-corrected chi connectivity index (χ1v) is 10.6. The van der Waals surface area contributed by atoms with Crippen LogP contribution in [0.1, 0.15) is 15.2 Å². The van der Waals surface area contributed by atoms with E-state index in [9.17, 15) is 4.79 Å². The lowest BCUT2D eigenvalue weighted by Crippen LogP contribution is -2.15. The summed E-state index contributed by atoms with van der Waals surface area (Å²) in [5, 5.41) is 3.69. The summed E-state index contributed by atoms with van der Waals surface area (Å²) in [6.45, 7) is 0.989. The molecular formula is C24H23N3O2S. The number of amides is 1. The van der Waals surface area contributed by atoms with Gasteiger partial charge in [0.25, 0.3) is 5.91 Å². The summed E-state index contributed by atoms with van der Waals surface area (Å²) in [4.78, 5) is 20.5. The number of nitrogens with zero attached hydrogens (tertiary/aromatic N) is 2. The van der Waals surface area contributed by atoms with Gasteiger partial charge in [0.2, 0.25) is 0 Å². The van der Waals surface area contributed by atoms with Crippen LogP contribution in [0.25, 0.3) is 22.0 Å². The molecule has 1 N–H and O–H groups in total. The van der Waals surface area contributed by atoms with Gasteiger partial charge in [-0.05, 0) is 50.3 Å². The van der Waals surface area contributed by atoms with Crippen molar-refractivity contribution in [2.24, 2.45) is 0 Å². The Morgan fingerprint density at radius 1 is 1.03 bits per heavy atom. The van der Waals surface area contributed by atoms with Crippen LogP contribution in [0.3, 0.4) is 0 Å². The fourth-order valence-electron chi connectivity index (χ4n) is 3.07. The van der Waals surface area contributed by atoms with Gasteiger partial charge in [-0.2, -0.15) is 0 Å². The number of thiazole rings is 1. The average Bonchev–Trinajstić information content (AvgIpc) is 3.44. The average molecular weight is 418 g/mol. The summed E-state index contributed by atoms with van der Waals surface area (Å²) in [7, 11) is 4.12. The molecule has 0 bridgehead atoms. The van der Waals surface area contributed by atoms with Gasteiger partial charge < -0.3 is 14.6 Å². The minimum absolute atomic E-state index is 0.176. The van der Waals surface area contributed by atoms with Crippen LogP contribution in [0.15, 0.2) is 77.4 Å². The normalized spacial score (nSPS) is 11.0. The first kappa shape index (κ1) is 20.1. The molecule has 0 unspecified atom stereocenters. The quantitative estimate of drug-likeness (QED) is 0.436. The molecule has 0 saturated carbocycles. The smallest absolute Gasteiger partial charge is 0.268 e. The Morgan fingerprint density at radius 2 is 1.80 bits per heavy atom. The number of hydrogen-bond acceptors (Lipinski definition) is 5. The van der Waals surface area contributed by atoms with Gasteiger partial charge in [-0.25, -0.2) is 4.98 Å². The molecule has 4 aromatic rings. The highest BCUT2D eigenvalue weighted by atomic mass is 32.1. The van der Waals surface area contributed by atoms with Crippen molar-refractivity contribution < 1.29 is 9.21 Å². The highest BCUT2D eigenvalue weighted by Crippen LogP contribution is 2.34. The topological polar surface area (TPSA) is 58.4 Å². The molecule has 1 amide bonds. The number of likely N-dealkylation sites (N-methyl/N-ethyl adjacent to an activating group) is 1. The molecule has 6 heteroatoms. The standard InChI is InChI=1S/C24H23N3O2S/c1-27(2)15-14-17-10-12-19(13-11-17)25-23(28)22-21(18-7-4-3-5-8-18)26-24(30-22)20-9-6-16-29-20/h3-13,16H,14-15H2,1-2H3,(H,25,28). The van der Waals surface area contributed by atoms with Crippen molar-refractivity contribution in [3.05, 3.63) is 83.4 Å². The summed E-state index contributed by atoms with van der Waals surface area (Å²) in [6.07, 6.45) is 2.58. The largest absolute Gasteiger partial charge is 0.462 e. The number of hydrogen-bond donors (Lipinski definition) is 1. The highest BCUT2D eigenvalue weighted by molar-refractivity contribution is 7.17. The lowest BCUT2D eigenvalue weighted by atomic mass is 10.1. The predicted molar refractivity (Wildman–Crippen MR) is 122 cm³/mol. The van der Waals surface area contributed by atoms with Crippen LogP contribution in [-0.4, -0.2) is 36.4 Å². The zero-order valence-electron chi connectivity index (χ0n) is 17.0. The number of aromatic nitrogens is 1. The Kier molecular flexibility index (Phi) is 6.07. The van der Waals surface area contributed by atoms with Crippen molar-refractivity contribution in [1.29, 1.82) is 0 Å². The van der Waals surface area contributed by atoms with E-state index in [1.807, 2.05) is 54.6 Å². The Hall–Kier alpha value is -3.22. The predicted octanol–water partition coefficient (Wildman–Crippen LogP) is 5.43. The van der Waals surface area contributed by atoms with E-state index in [2.05, 4.69) is 36.4 Å². The highest BCUT2D eigenvalue weighted by Gasteiger charge is 2.21. The van der Waals surface area contributed by atoms with Crippen LogP contribution in [0.2, 0.25) is 0 Å². The van der Waals surface area contributed by atoms with E-state index in [-0.39, 0.29) is 5.91 Å². The molecular weight excluding hydrogens is 394 g/mol. The van der Waals surface area contributed by atoms with Gasteiger partial charge in [0.05, 0.1) is 12.0 Å². The monoisotopic (exact) mass is 417 g/mol. The molecule has 4 rings (SSSR count). The third kappa shape index (κ3) is 4.67. The third-order valence-electron chi connectivity index (χ3n) is 4.67. The van der Waals surface area contributed by atoms with Gasteiger partial charge in [-0.1, -0.05) is 42.5 Å². The minimum Gasteiger partial charge on any atom is -0.462 e. The summed E-state index contributed by atoms with van der Waals surface area (Å²) in [5.74, 6) is 0.478. The fraction of sp³-hybridized carbons (Fsp3) is 0.167. The van der Waals surface area contributed by atoms with Crippen LogP contribution < -0.4 is 5.32 Å². The van der Waals surface area contributed by atoms with Crippen LogP contribution in [0, 0.1) is 0 Å². The van der Waals surface area contributed by atoms with Crippen molar-refractivity contribution in [2.75, 3.05) is 26.0 Å². The number of rotatable bonds is 7. The summed E-state index contributed by atoms with van der Waals surface area (Å²) >= 11 is 1.33. The Balaban J connectivity index is 1.59. The first-order valence-electron chi connectivity index (χ1n) is 9.75. The lowest BCUT2D eigenvalue weighted by Gasteiger charge is -2.10. The molecule has 2 aromatic heterocycles. The lowest BCUT2D eigenvalue weighted by molar-refractivity contribution is 0.103. The van der Waals surface area contributed by atoms with Gasteiger partial charge in [-0.15, -0.1) is 11.3 Å². The van der Waals surface area contributed by atoms with Crippen LogP contribution >= 0.6 is 11.3 Å². The summed E-state index contributed by atoms with van der Waals surface area (Å²) in [5.41, 5.74) is 3.56. The zero-order valence-corrected chi connectivity index (χ0v) is 17.8. The van der Waals surface area contributed by atoms with E-state index in [4.69, 9.17) is 9.40 Å². The molecule has 0 spiro atoms. The molecule has 0 aliphatic heterocycles. The number of benzene rings is 2. The van der Waals surface area contributed by atoms with Crippen molar-refractivity contribution >= 4 is 22.9 Å². The van der Waals surface area contributed by atoms with Gasteiger partial charge in [0.1, 0.15) is 4.88 Å². The molecule has 5 nitrogen and oxygen atoms in total. The first-order chi connectivity index (χ1) is 14.6. The molecule has 0 fully saturated rings. The van der Waals surface area contributed by atoms with E-state index < -0.39 is 0 Å². The third-order valence-corrected chi connectivity index (χ3v) is 5.74. The second-order valence-electron chi connectivity index (χ2n) is 7.24. The number of carbonyl (C=O) groups is 1. The summed E-state index contributed by atoms with van der Waals surface area (Å²) < 4.78 is 5.49. The maximum absolute atomic E-state index is 13.1. The second-order valence-corrected chi connectivity index (χ2v) is 8.24. The van der Waals surface area contributed by atoms with Crippen molar-refractivity contribution in [3.8, 4) is 22.0 Å². The van der Waals surface area contributed by atoms with E-state index in [1.165, 1.54) is 16.9 Å². The molecule has 0 aliphatic carbocycles. The van der Waals surface area contributed by atoms with E-state index in [0.717, 1.165) is 24.2 Å². The molecule has 0 atom stereocenters. The van der Waals surface area contributed by atoms with Crippen LogP contribution in [0.5, 0.6) is 0 Å². The number of carbonyl (C=O) groups excluding carboxylic acids is 1. The van der Waals surface area contributed by atoms with Gasteiger partial charge >= 0.3 is 0 Å². The van der Waals surface area contributed by atoms with Crippen LogP contribution in [0.4, 0.5) is 5.69 Å². The van der Waals surface area contributed by atoms with Crippen molar-refractivity contribution in [3.63, 3.8) is 0 Å². The van der Waals surface area contributed by atoms with Gasteiger partial charge in [0.15, 0.2) is 10.8 Å². The van der Waals surface area contributed by atoms with Crippen molar-refractivity contribution in [2.45, 2.75) is 6.42 Å². The summed E-state index contributed by atoms with van der Waals surface area (Å²) in [6, 6.07) is 21.4. The van der Waals surface area contributed by atoms with Gasteiger partial charge in [-0.3, -0.25) is 4.79 Å². The van der Waals surface area contributed by atoms with Crippen molar-refractivity contribution in [1.82, 2.24) is 9.88 Å².